The molecule has 144 valence electrons. The maximum atomic E-state index is 12.2. The first-order valence-electron chi connectivity index (χ1n) is 7.51. The molecule has 0 unspecified atom stereocenters. The standard InChI is InChI=1S/C16H14BrNO8S/c1-2-25-10-3-8(9(17)5-11(10)26-7-14(21)22)4-12-15(23)18(6-13(19)20)16(24)27-12/h3-5H,2,6-7H2,1H3,(H,19,20)(H,21,22)/b12-4+. The van der Waals surface area contributed by atoms with Gasteiger partial charge in [-0.3, -0.25) is 19.3 Å². The molecule has 0 saturated carbocycles. The molecule has 27 heavy (non-hydrogen) atoms. The number of imide groups is 1. The van der Waals surface area contributed by atoms with Crippen LogP contribution in [0.4, 0.5) is 4.79 Å². The number of hydrogen-bond donors (Lipinski definition) is 2. The Bertz CT molecular complexity index is 838. The molecule has 0 aliphatic carbocycles. The van der Waals surface area contributed by atoms with E-state index < -0.39 is 36.2 Å². The molecule has 0 spiro atoms. The molecule has 1 aliphatic rings. The van der Waals surface area contributed by atoms with Crippen molar-refractivity contribution in [2.75, 3.05) is 19.8 Å². The predicted octanol–water partition coefficient (Wildman–Crippen LogP) is 2.43. The molecule has 11 heteroatoms. The number of carboxylic acid groups (broad SMARTS) is 2. The quantitative estimate of drug-likeness (QED) is 0.562. The van der Waals surface area contributed by atoms with Crippen molar-refractivity contribution < 1.29 is 38.9 Å². The summed E-state index contributed by atoms with van der Waals surface area (Å²) >= 11 is 3.93. The van der Waals surface area contributed by atoms with Crippen molar-refractivity contribution in [3.63, 3.8) is 0 Å². The van der Waals surface area contributed by atoms with Crippen LogP contribution < -0.4 is 9.47 Å². The number of nitrogens with zero attached hydrogens (tertiary/aromatic N) is 1. The predicted molar refractivity (Wildman–Crippen MR) is 98.8 cm³/mol. The molecule has 1 aliphatic heterocycles. The number of thioether (sulfide) groups is 1. The Morgan fingerprint density at radius 2 is 1.85 bits per heavy atom. The van der Waals surface area contributed by atoms with Gasteiger partial charge in [0.05, 0.1) is 11.5 Å². The Kier molecular flexibility index (Phi) is 6.86. The van der Waals surface area contributed by atoms with Crippen molar-refractivity contribution in [1.29, 1.82) is 0 Å². The fourth-order valence-corrected chi connectivity index (χ4v) is 3.36. The van der Waals surface area contributed by atoms with Crippen LogP contribution in [0.2, 0.25) is 0 Å². The lowest BCUT2D eigenvalue weighted by Crippen LogP contribution is -2.33. The molecule has 0 aromatic heterocycles. The molecule has 1 heterocycles. The second-order valence-electron chi connectivity index (χ2n) is 5.10. The second-order valence-corrected chi connectivity index (χ2v) is 6.95. The largest absolute Gasteiger partial charge is 0.490 e. The maximum Gasteiger partial charge on any atom is 0.341 e. The molecule has 2 amide bonds. The Hall–Kier alpha value is -2.53. The first kappa shape index (κ1) is 20.8. The third-order valence-corrected chi connectivity index (χ3v) is 4.76. The van der Waals surface area contributed by atoms with Gasteiger partial charge in [-0.1, -0.05) is 15.9 Å². The van der Waals surface area contributed by atoms with Gasteiger partial charge in [0.15, 0.2) is 18.1 Å². The zero-order valence-electron chi connectivity index (χ0n) is 13.9. The Balaban J connectivity index is 2.35. The normalized spacial score (nSPS) is 15.3. The average Bonchev–Trinajstić information content (AvgIpc) is 2.83. The summed E-state index contributed by atoms with van der Waals surface area (Å²) in [6.45, 7) is 0.759. The van der Waals surface area contributed by atoms with Crippen LogP contribution in [0, 0.1) is 0 Å². The van der Waals surface area contributed by atoms with Crippen LogP contribution in [0.15, 0.2) is 21.5 Å². The molecular formula is C16H14BrNO8S. The second kappa shape index (κ2) is 8.91. The number of carbonyl (C=O) groups excluding carboxylic acids is 2. The molecule has 9 nitrogen and oxygen atoms in total. The van der Waals surface area contributed by atoms with Crippen LogP contribution in [-0.4, -0.2) is 58.0 Å². The summed E-state index contributed by atoms with van der Waals surface area (Å²) in [5.41, 5.74) is 0.474. The zero-order chi connectivity index (χ0) is 20.1. The van der Waals surface area contributed by atoms with Crippen LogP contribution in [-0.2, 0) is 14.4 Å². The van der Waals surface area contributed by atoms with Gasteiger partial charge in [0, 0.05) is 4.47 Å². The monoisotopic (exact) mass is 459 g/mol. The van der Waals surface area contributed by atoms with E-state index in [-0.39, 0.29) is 16.4 Å². The van der Waals surface area contributed by atoms with Crippen molar-refractivity contribution in [1.82, 2.24) is 4.90 Å². The summed E-state index contributed by atoms with van der Waals surface area (Å²) in [6.07, 6.45) is 1.42. The number of ether oxygens (including phenoxy) is 2. The van der Waals surface area contributed by atoms with E-state index in [0.29, 0.717) is 33.3 Å². The Labute approximate surface area is 166 Å². The van der Waals surface area contributed by atoms with Crippen LogP contribution >= 0.6 is 27.7 Å². The van der Waals surface area contributed by atoms with E-state index in [2.05, 4.69) is 15.9 Å². The molecule has 0 bridgehead atoms. The number of hydrogen-bond acceptors (Lipinski definition) is 7. The lowest BCUT2D eigenvalue weighted by atomic mass is 10.2. The summed E-state index contributed by atoms with van der Waals surface area (Å²) in [6, 6.07) is 3.01. The number of amides is 2. The van der Waals surface area contributed by atoms with E-state index in [9.17, 15) is 19.2 Å². The van der Waals surface area contributed by atoms with Gasteiger partial charge in [-0.2, -0.15) is 0 Å². The summed E-state index contributed by atoms with van der Waals surface area (Å²) < 4.78 is 11.1. The molecule has 0 radical (unpaired) electrons. The first-order valence-corrected chi connectivity index (χ1v) is 9.12. The summed E-state index contributed by atoms with van der Waals surface area (Å²) in [5.74, 6) is -2.69. The van der Waals surface area contributed by atoms with Crippen LogP contribution in [0.5, 0.6) is 11.5 Å². The molecule has 1 saturated heterocycles. The van der Waals surface area contributed by atoms with E-state index in [4.69, 9.17) is 19.7 Å². The van der Waals surface area contributed by atoms with Crippen LogP contribution in [0.3, 0.4) is 0 Å². The van der Waals surface area contributed by atoms with E-state index in [1.807, 2.05) is 0 Å². The first-order chi connectivity index (χ1) is 12.7. The van der Waals surface area contributed by atoms with Gasteiger partial charge in [-0.25, -0.2) is 4.79 Å². The van der Waals surface area contributed by atoms with E-state index in [0.717, 1.165) is 0 Å². The highest BCUT2D eigenvalue weighted by atomic mass is 79.9. The van der Waals surface area contributed by atoms with Crippen molar-refractivity contribution in [2.45, 2.75) is 6.92 Å². The molecule has 0 atom stereocenters. The average molecular weight is 460 g/mol. The lowest BCUT2D eigenvalue weighted by Gasteiger charge is -2.13. The van der Waals surface area contributed by atoms with Gasteiger partial charge >= 0.3 is 11.9 Å². The van der Waals surface area contributed by atoms with Crippen molar-refractivity contribution in [2.24, 2.45) is 0 Å². The van der Waals surface area contributed by atoms with E-state index in [1.54, 1.807) is 6.92 Å². The zero-order valence-corrected chi connectivity index (χ0v) is 16.3. The molecular weight excluding hydrogens is 446 g/mol. The molecule has 2 N–H and O–H groups in total. The smallest absolute Gasteiger partial charge is 0.341 e. The topological polar surface area (TPSA) is 130 Å². The van der Waals surface area contributed by atoms with Crippen LogP contribution in [0.1, 0.15) is 12.5 Å². The number of halogens is 1. The van der Waals surface area contributed by atoms with Crippen molar-refractivity contribution in [3.05, 3.63) is 27.1 Å². The fraction of sp³-hybridized carbons (Fsp3) is 0.250. The van der Waals surface area contributed by atoms with Crippen LogP contribution in [0.25, 0.3) is 6.08 Å². The number of benzene rings is 1. The Morgan fingerprint density at radius 1 is 1.19 bits per heavy atom. The molecule has 2 rings (SSSR count). The SMILES string of the molecule is CCOc1cc(/C=C2/SC(=O)N(CC(=O)O)C2=O)c(Br)cc1OCC(=O)O. The minimum atomic E-state index is -1.29. The molecule has 1 fully saturated rings. The Morgan fingerprint density at radius 3 is 2.44 bits per heavy atom. The number of aliphatic carboxylic acids is 2. The van der Waals surface area contributed by atoms with Crippen molar-refractivity contribution >= 4 is 56.9 Å². The van der Waals surface area contributed by atoms with Crippen molar-refractivity contribution in [3.8, 4) is 11.5 Å². The fourth-order valence-electron chi connectivity index (χ4n) is 2.09. The lowest BCUT2D eigenvalue weighted by molar-refractivity contribution is -0.140. The van der Waals surface area contributed by atoms with Gasteiger partial charge in [0.25, 0.3) is 11.1 Å². The molecule has 1 aromatic rings. The summed E-state index contributed by atoms with van der Waals surface area (Å²) in [5, 5.41) is 16.9. The van der Waals surface area contributed by atoms with Gasteiger partial charge in [0.1, 0.15) is 6.54 Å². The van der Waals surface area contributed by atoms with E-state index in [1.165, 1.54) is 18.2 Å². The minimum Gasteiger partial charge on any atom is -0.490 e. The third-order valence-electron chi connectivity index (χ3n) is 3.17. The molecule has 1 aromatic carbocycles. The highest BCUT2D eigenvalue weighted by molar-refractivity contribution is 9.10. The highest BCUT2D eigenvalue weighted by Crippen LogP contribution is 2.38. The summed E-state index contributed by atoms with van der Waals surface area (Å²) in [7, 11) is 0. The van der Waals surface area contributed by atoms with Gasteiger partial charge in [0.2, 0.25) is 0 Å². The van der Waals surface area contributed by atoms with Gasteiger partial charge < -0.3 is 19.7 Å². The van der Waals surface area contributed by atoms with Gasteiger partial charge in [-0.15, -0.1) is 0 Å². The highest BCUT2D eigenvalue weighted by Gasteiger charge is 2.36. The summed E-state index contributed by atoms with van der Waals surface area (Å²) in [4.78, 5) is 46.2. The van der Waals surface area contributed by atoms with E-state index >= 15 is 0 Å². The number of carboxylic acids is 2. The number of rotatable bonds is 8. The number of carbonyl (C=O) groups is 4. The third kappa shape index (κ3) is 5.23. The van der Waals surface area contributed by atoms with Gasteiger partial charge in [-0.05, 0) is 42.5 Å². The minimum absolute atomic E-state index is 0.0589. The maximum absolute atomic E-state index is 12.2.